The number of hydrogen-bond donors (Lipinski definition) is 2. The van der Waals surface area contributed by atoms with Crippen molar-refractivity contribution in [3.05, 3.63) is 52.7 Å². The molecule has 0 bridgehead atoms. The highest BCUT2D eigenvalue weighted by atomic mass is 32.1. The Balaban J connectivity index is 1.06. The molecular formula is C26H30F3N5OS. The molecule has 10 heteroatoms. The Morgan fingerprint density at radius 2 is 1.97 bits per heavy atom. The number of pyridine rings is 1. The fraction of sp³-hybridized carbons (Fsp3) is 0.500. The smallest absolute Gasteiger partial charge is 0.352 e. The van der Waals surface area contributed by atoms with Crippen molar-refractivity contribution in [2.75, 3.05) is 25.0 Å². The summed E-state index contributed by atoms with van der Waals surface area (Å²) >= 11 is 1.34. The Labute approximate surface area is 212 Å². The molecule has 1 aliphatic heterocycles. The van der Waals surface area contributed by atoms with Crippen LogP contribution in [0.4, 0.5) is 18.3 Å². The van der Waals surface area contributed by atoms with Gasteiger partial charge < -0.3 is 10.6 Å². The van der Waals surface area contributed by atoms with Gasteiger partial charge in [0.2, 0.25) is 0 Å². The molecule has 1 aromatic carbocycles. The predicted octanol–water partition coefficient (Wildman–Crippen LogP) is 5.40. The van der Waals surface area contributed by atoms with Gasteiger partial charge >= 0.3 is 6.18 Å². The number of alkyl halides is 3. The van der Waals surface area contributed by atoms with E-state index in [4.69, 9.17) is 0 Å². The highest BCUT2D eigenvalue weighted by molar-refractivity contribution is 7.15. The highest BCUT2D eigenvalue weighted by Gasteiger charge is 2.29. The first kappa shape index (κ1) is 25.0. The summed E-state index contributed by atoms with van der Waals surface area (Å²) in [5, 5.41) is 6.87. The highest BCUT2D eigenvalue weighted by Crippen LogP contribution is 2.31. The number of hydrogen-bond acceptors (Lipinski definition) is 6. The van der Waals surface area contributed by atoms with Gasteiger partial charge in [-0.05, 0) is 69.2 Å². The second kappa shape index (κ2) is 10.7. The Morgan fingerprint density at radius 3 is 2.78 bits per heavy atom. The van der Waals surface area contributed by atoms with Gasteiger partial charge in [-0.3, -0.25) is 14.7 Å². The van der Waals surface area contributed by atoms with Crippen molar-refractivity contribution >= 4 is 33.3 Å². The molecule has 2 aromatic heterocycles. The van der Waals surface area contributed by atoms with E-state index in [1.165, 1.54) is 11.3 Å². The minimum absolute atomic E-state index is 0.0338. The number of carbonyl (C=O) groups is 1. The van der Waals surface area contributed by atoms with Gasteiger partial charge in [0.1, 0.15) is 6.54 Å². The van der Waals surface area contributed by atoms with E-state index >= 15 is 0 Å². The fourth-order valence-electron chi connectivity index (χ4n) is 5.22. The molecule has 1 fully saturated rings. The van der Waals surface area contributed by atoms with E-state index in [0.717, 1.165) is 73.1 Å². The van der Waals surface area contributed by atoms with Crippen LogP contribution in [0.15, 0.2) is 36.5 Å². The zero-order valence-corrected chi connectivity index (χ0v) is 20.8. The third-order valence-corrected chi connectivity index (χ3v) is 8.29. The molecule has 192 valence electrons. The molecule has 36 heavy (non-hydrogen) atoms. The quantitative estimate of drug-likeness (QED) is 0.439. The maximum Gasteiger partial charge on any atom is 0.405 e. The summed E-state index contributed by atoms with van der Waals surface area (Å²) in [5.41, 5.74) is 2.40. The summed E-state index contributed by atoms with van der Waals surface area (Å²) in [6.07, 6.45) is 3.55. The standard InChI is InChI=1S/C26H30F3N5OS/c27-26(28,29)16-31-25-33-22-15-34(14-11-23(22)36-25)13-10-17-6-8-18(9-7-17)32-24(35)20-3-1-5-21-19(20)4-2-12-30-21/h1-5,12,17-18H,6-11,13-16H2,(H,31,33)(H,32,35)/t17-,18-. The first-order valence-electron chi connectivity index (χ1n) is 12.5. The Bertz CT molecular complexity index is 1200. The lowest BCUT2D eigenvalue weighted by Crippen LogP contribution is -2.38. The molecule has 0 spiro atoms. The average molecular weight is 518 g/mol. The van der Waals surface area contributed by atoms with Crippen LogP contribution >= 0.6 is 11.3 Å². The Hall–Kier alpha value is -2.72. The van der Waals surface area contributed by atoms with E-state index in [-0.39, 0.29) is 11.9 Å². The molecule has 3 aromatic rings. The van der Waals surface area contributed by atoms with Crippen LogP contribution in [0.25, 0.3) is 10.9 Å². The number of carbonyl (C=O) groups excluding carboxylic acids is 1. The van der Waals surface area contributed by atoms with Crippen molar-refractivity contribution < 1.29 is 18.0 Å². The summed E-state index contributed by atoms with van der Waals surface area (Å²) in [6.45, 7) is 1.53. The minimum Gasteiger partial charge on any atom is -0.352 e. The van der Waals surface area contributed by atoms with Crippen LogP contribution in [0, 0.1) is 5.92 Å². The van der Waals surface area contributed by atoms with Gasteiger partial charge in [0.15, 0.2) is 5.13 Å². The second-order valence-electron chi connectivity index (χ2n) is 9.74. The number of fused-ring (bicyclic) bond motifs is 2. The summed E-state index contributed by atoms with van der Waals surface area (Å²) in [7, 11) is 0. The van der Waals surface area contributed by atoms with Crippen molar-refractivity contribution in [1.82, 2.24) is 20.2 Å². The number of rotatable bonds is 7. The van der Waals surface area contributed by atoms with Gasteiger partial charge in [0.05, 0.1) is 11.2 Å². The van der Waals surface area contributed by atoms with E-state index in [0.29, 0.717) is 23.2 Å². The van der Waals surface area contributed by atoms with E-state index < -0.39 is 12.7 Å². The van der Waals surface area contributed by atoms with Crippen molar-refractivity contribution in [2.24, 2.45) is 5.92 Å². The van der Waals surface area contributed by atoms with Gasteiger partial charge in [-0.1, -0.05) is 12.1 Å². The van der Waals surface area contributed by atoms with Crippen LogP contribution < -0.4 is 10.6 Å². The zero-order valence-electron chi connectivity index (χ0n) is 20.0. The molecule has 1 saturated carbocycles. The maximum atomic E-state index is 12.9. The van der Waals surface area contributed by atoms with Crippen LogP contribution in [0.2, 0.25) is 0 Å². The van der Waals surface area contributed by atoms with Gasteiger partial charge in [0.25, 0.3) is 5.91 Å². The molecule has 0 unspecified atom stereocenters. The lowest BCUT2D eigenvalue weighted by molar-refractivity contribution is -0.115. The van der Waals surface area contributed by atoms with Crippen LogP contribution in [0.3, 0.4) is 0 Å². The van der Waals surface area contributed by atoms with Crippen molar-refractivity contribution in [3.8, 4) is 0 Å². The molecular weight excluding hydrogens is 487 g/mol. The van der Waals surface area contributed by atoms with Crippen LogP contribution in [-0.2, 0) is 13.0 Å². The molecule has 3 heterocycles. The minimum atomic E-state index is -4.24. The van der Waals surface area contributed by atoms with E-state index in [2.05, 4.69) is 25.5 Å². The zero-order chi connectivity index (χ0) is 25.1. The topological polar surface area (TPSA) is 70.2 Å². The number of anilines is 1. The Kier molecular flexibility index (Phi) is 7.43. The van der Waals surface area contributed by atoms with E-state index in [9.17, 15) is 18.0 Å². The maximum absolute atomic E-state index is 12.9. The van der Waals surface area contributed by atoms with E-state index in [1.807, 2.05) is 30.3 Å². The van der Waals surface area contributed by atoms with E-state index in [1.54, 1.807) is 6.20 Å². The van der Waals surface area contributed by atoms with Crippen LogP contribution in [0.1, 0.15) is 53.0 Å². The summed E-state index contributed by atoms with van der Waals surface area (Å²) in [4.78, 5) is 25.1. The second-order valence-corrected chi connectivity index (χ2v) is 10.8. The normalized spacial score (nSPS) is 20.8. The lowest BCUT2D eigenvalue weighted by Gasteiger charge is -2.32. The van der Waals surface area contributed by atoms with Crippen molar-refractivity contribution in [1.29, 1.82) is 0 Å². The molecule has 1 aliphatic carbocycles. The molecule has 1 amide bonds. The number of nitrogens with zero attached hydrogens (tertiary/aromatic N) is 3. The average Bonchev–Trinajstić information content (AvgIpc) is 3.29. The number of aromatic nitrogens is 2. The van der Waals surface area contributed by atoms with Crippen LogP contribution in [0.5, 0.6) is 0 Å². The van der Waals surface area contributed by atoms with Gasteiger partial charge in [-0.15, -0.1) is 11.3 Å². The first-order chi connectivity index (χ1) is 17.3. The number of halogens is 3. The predicted molar refractivity (Wildman–Crippen MR) is 135 cm³/mol. The fourth-order valence-corrected chi connectivity index (χ4v) is 6.18. The number of amides is 1. The first-order valence-corrected chi connectivity index (χ1v) is 13.3. The summed E-state index contributed by atoms with van der Waals surface area (Å²) in [6, 6.07) is 9.62. The van der Waals surface area contributed by atoms with Gasteiger partial charge in [0, 0.05) is 41.2 Å². The number of thiazole rings is 1. The number of benzene rings is 1. The van der Waals surface area contributed by atoms with Crippen LogP contribution in [-0.4, -0.2) is 52.6 Å². The third-order valence-electron chi connectivity index (χ3n) is 7.17. The number of nitrogens with one attached hydrogen (secondary N) is 2. The van der Waals surface area contributed by atoms with Crippen molar-refractivity contribution in [3.63, 3.8) is 0 Å². The molecule has 0 radical (unpaired) electrons. The Morgan fingerprint density at radius 1 is 1.14 bits per heavy atom. The molecule has 0 saturated heterocycles. The molecule has 2 N–H and O–H groups in total. The van der Waals surface area contributed by atoms with Crippen molar-refractivity contribution in [2.45, 2.75) is 57.3 Å². The molecule has 2 aliphatic rings. The third kappa shape index (κ3) is 6.15. The SMILES string of the molecule is O=C(N[C@H]1CC[C@H](CCN2CCc3sc(NCC(F)(F)F)nc3C2)CC1)c1cccc2ncccc12. The largest absolute Gasteiger partial charge is 0.405 e. The molecule has 6 nitrogen and oxygen atoms in total. The van der Waals surface area contributed by atoms with Gasteiger partial charge in [-0.25, -0.2) is 4.98 Å². The lowest BCUT2D eigenvalue weighted by atomic mass is 9.84. The summed E-state index contributed by atoms with van der Waals surface area (Å²) in [5.74, 6) is 0.592. The monoisotopic (exact) mass is 517 g/mol. The summed E-state index contributed by atoms with van der Waals surface area (Å²) < 4.78 is 37.4. The van der Waals surface area contributed by atoms with Gasteiger partial charge in [-0.2, -0.15) is 13.2 Å². The molecule has 5 rings (SSSR count). The molecule has 0 atom stereocenters.